The maximum absolute atomic E-state index is 11.8. The van der Waals surface area contributed by atoms with Gasteiger partial charge in [-0.05, 0) is 13.3 Å². The number of hydrogen-bond acceptors (Lipinski definition) is 4. The molecule has 0 radical (unpaired) electrons. The van der Waals surface area contributed by atoms with Crippen molar-refractivity contribution in [2.45, 2.75) is 84.7 Å². The number of ketones is 1. The van der Waals surface area contributed by atoms with E-state index in [9.17, 15) is 9.59 Å². The highest BCUT2D eigenvalue weighted by Gasteiger charge is 2.33. The van der Waals surface area contributed by atoms with Crippen LogP contribution in [-0.4, -0.2) is 17.9 Å². The molecule has 1 atom stereocenters. The van der Waals surface area contributed by atoms with Crippen LogP contribution in [0.5, 0.6) is 0 Å². The molecule has 0 bridgehead atoms. The molecule has 0 spiro atoms. The number of esters is 1. The summed E-state index contributed by atoms with van der Waals surface area (Å²) in [6.45, 7) is 5.75. The lowest BCUT2D eigenvalue weighted by atomic mass is 10.1. The SMILES string of the molecule is CCCCCCCCCC(=O)OC1=C(CC)OC(C)C1=O. The molecule has 0 N–H and O–H groups in total. The molecule has 0 amide bonds. The Balaban J connectivity index is 2.23. The van der Waals surface area contributed by atoms with Crippen molar-refractivity contribution in [3.8, 4) is 0 Å². The lowest BCUT2D eigenvalue weighted by Crippen LogP contribution is -2.16. The second-order valence-corrected chi connectivity index (χ2v) is 5.58. The highest BCUT2D eigenvalue weighted by Crippen LogP contribution is 2.25. The van der Waals surface area contributed by atoms with E-state index < -0.39 is 6.10 Å². The van der Waals surface area contributed by atoms with Crippen molar-refractivity contribution >= 4 is 11.8 Å². The first-order chi connectivity index (χ1) is 10.1. The summed E-state index contributed by atoms with van der Waals surface area (Å²) in [6.07, 6.45) is 8.48. The van der Waals surface area contributed by atoms with E-state index in [4.69, 9.17) is 9.47 Å². The van der Waals surface area contributed by atoms with Gasteiger partial charge in [-0.2, -0.15) is 0 Å². The van der Waals surface area contributed by atoms with E-state index in [0.717, 1.165) is 19.3 Å². The van der Waals surface area contributed by atoms with Gasteiger partial charge in [0.1, 0.15) is 5.76 Å². The number of Topliss-reactive ketones (excluding diaryl/α,β-unsaturated/α-hetero) is 1. The minimum absolute atomic E-state index is 0.123. The molecular weight excluding hydrogens is 268 g/mol. The number of hydrogen-bond donors (Lipinski definition) is 0. The Bertz CT molecular complexity index is 384. The highest BCUT2D eigenvalue weighted by atomic mass is 16.6. The molecule has 0 saturated heterocycles. The van der Waals surface area contributed by atoms with Crippen LogP contribution in [-0.2, 0) is 19.1 Å². The van der Waals surface area contributed by atoms with Crippen LogP contribution in [0.25, 0.3) is 0 Å². The van der Waals surface area contributed by atoms with E-state index >= 15 is 0 Å². The lowest BCUT2D eigenvalue weighted by Gasteiger charge is -2.05. The fourth-order valence-corrected chi connectivity index (χ4v) is 2.38. The Hall–Kier alpha value is -1.32. The molecule has 4 heteroatoms. The van der Waals surface area contributed by atoms with Gasteiger partial charge in [0.25, 0.3) is 0 Å². The predicted octanol–water partition coefficient (Wildman–Crippen LogP) is 4.28. The van der Waals surface area contributed by atoms with Crippen LogP contribution in [0.4, 0.5) is 0 Å². The predicted molar refractivity (Wildman–Crippen MR) is 81.6 cm³/mol. The third kappa shape index (κ3) is 5.90. The molecular formula is C17H28O4. The van der Waals surface area contributed by atoms with Crippen LogP contribution in [0.15, 0.2) is 11.5 Å². The van der Waals surface area contributed by atoms with E-state index in [1.54, 1.807) is 6.92 Å². The van der Waals surface area contributed by atoms with E-state index in [1.807, 2.05) is 6.92 Å². The molecule has 0 aromatic heterocycles. The quantitative estimate of drug-likeness (QED) is 0.446. The van der Waals surface area contributed by atoms with E-state index in [1.165, 1.54) is 25.7 Å². The number of ether oxygens (including phenoxy) is 2. The molecule has 1 aliphatic heterocycles. The molecule has 0 fully saturated rings. The molecule has 0 aromatic rings. The topological polar surface area (TPSA) is 52.6 Å². The fourth-order valence-electron chi connectivity index (χ4n) is 2.38. The summed E-state index contributed by atoms with van der Waals surface area (Å²) in [6, 6.07) is 0. The molecule has 4 nitrogen and oxygen atoms in total. The van der Waals surface area contributed by atoms with Gasteiger partial charge in [-0.25, -0.2) is 0 Å². The molecule has 1 rings (SSSR count). The summed E-state index contributed by atoms with van der Waals surface area (Å²) in [5, 5.41) is 0. The van der Waals surface area contributed by atoms with Crippen LogP contribution in [0.2, 0.25) is 0 Å². The van der Waals surface area contributed by atoms with Crippen LogP contribution in [0, 0.1) is 0 Å². The van der Waals surface area contributed by atoms with Gasteiger partial charge in [-0.3, -0.25) is 9.59 Å². The summed E-state index contributed by atoms with van der Waals surface area (Å²) in [5.41, 5.74) is 0. The van der Waals surface area contributed by atoms with E-state index in [2.05, 4.69) is 6.92 Å². The average Bonchev–Trinajstić information content (AvgIpc) is 2.74. The first-order valence-electron chi connectivity index (χ1n) is 8.24. The van der Waals surface area contributed by atoms with Crippen LogP contribution < -0.4 is 0 Å². The summed E-state index contributed by atoms with van der Waals surface area (Å²) >= 11 is 0. The highest BCUT2D eigenvalue weighted by molar-refractivity contribution is 6.00. The summed E-state index contributed by atoms with van der Waals surface area (Å²) < 4.78 is 10.6. The first kappa shape index (κ1) is 17.7. The van der Waals surface area contributed by atoms with Gasteiger partial charge < -0.3 is 9.47 Å². The summed E-state index contributed by atoms with van der Waals surface area (Å²) in [4.78, 5) is 23.6. The minimum atomic E-state index is -0.527. The van der Waals surface area contributed by atoms with Crippen LogP contribution >= 0.6 is 0 Å². The van der Waals surface area contributed by atoms with Crippen LogP contribution in [0.3, 0.4) is 0 Å². The van der Waals surface area contributed by atoms with Gasteiger partial charge in [0, 0.05) is 12.8 Å². The summed E-state index contributed by atoms with van der Waals surface area (Å²) in [5.74, 6) is 0.0775. The van der Waals surface area contributed by atoms with Crippen molar-refractivity contribution in [1.82, 2.24) is 0 Å². The third-order valence-electron chi connectivity index (χ3n) is 3.69. The third-order valence-corrected chi connectivity index (χ3v) is 3.69. The molecule has 21 heavy (non-hydrogen) atoms. The van der Waals surface area contributed by atoms with Crippen molar-refractivity contribution in [2.75, 3.05) is 0 Å². The number of rotatable bonds is 10. The van der Waals surface area contributed by atoms with Gasteiger partial charge in [0.05, 0.1) is 0 Å². The maximum atomic E-state index is 11.8. The Morgan fingerprint density at radius 2 is 1.71 bits per heavy atom. The van der Waals surface area contributed by atoms with Crippen LogP contribution in [0.1, 0.15) is 78.6 Å². The van der Waals surface area contributed by atoms with Gasteiger partial charge in [-0.1, -0.05) is 52.4 Å². The largest absolute Gasteiger partial charge is 0.483 e. The fraction of sp³-hybridized carbons (Fsp3) is 0.765. The normalized spacial score (nSPS) is 18.0. The van der Waals surface area contributed by atoms with Crippen molar-refractivity contribution in [3.05, 3.63) is 11.5 Å². The monoisotopic (exact) mass is 296 g/mol. The second kappa shape index (κ2) is 9.59. The smallest absolute Gasteiger partial charge is 0.311 e. The Kier molecular flexibility index (Phi) is 8.09. The van der Waals surface area contributed by atoms with Crippen molar-refractivity contribution in [2.24, 2.45) is 0 Å². The molecule has 1 aliphatic rings. The zero-order chi connectivity index (χ0) is 15.7. The zero-order valence-electron chi connectivity index (χ0n) is 13.6. The minimum Gasteiger partial charge on any atom is -0.483 e. The molecule has 1 heterocycles. The van der Waals surface area contributed by atoms with Gasteiger partial charge in [0.2, 0.25) is 11.5 Å². The molecule has 120 valence electrons. The molecule has 0 saturated carbocycles. The van der Waals surface area contributed by atoms with E-state index in [-0.39, 0.29) is 17.5 Å². The number of carbonyl (C=O) groups is 2. The average molecular weight is 296 g/mol. The lowest BCUT2D eigenvalue weighted by molar-refractivity contribution is -0.142. The zero-order valence-corrected chi connectivity index (χ0v) is 13.6. The molecule has 0 aromatic carbocycles. The Morgan fingerprint density at radius 3 is 2.33 bits per heavy atom. The van der Waals surface area contributed by atoms with Gasteiger partial charge >= 0.3 is 5.97 Å². The number of carbonyl (C=O) groups excluding carboxylic acids is 2. The Morgan fingerprint density at radius 1 is 1.10 bits per heavy atom. The van der Waals surface area contributed by atoms with Crippen molar-refractivity contribution in [1.29, 1.82) is 0 Å². The van der Waals surface area contributed by atoms with Gasteiger partial charge in [0.15, 0.2) is 6.10 Å². The maximum Gasteiger partial charge on any atom is 0.311 e. The standard InChI is InChI=1S/C17H28O4/c1-4-6-7-8-9-10-11-12-15(18)21-17-14(5-2)20-13(3)16(17)19/h13H,4-12H2,1-3H3. The summed E-state index contributed by atoms with van der Waals surface area (Å²) in [7, 11) is 0. The second-order valence-electron chi connectivity index (χ2n) is 5.58. The Labute approximate surface area is 127 Å². The van der Waals surface area contributed by atoms with E-state index in [0.29, 0.717) is 18.6 Å². The van der Waals surface area contributed by atoms with Gasteiger partial charge in [-0.15, -0.1) is 0 Å². The van der Waals surface area contributed by atoms with Crippen molar-refractivity contribution in [3.63, 3.8) is 0 Å². The number of unbranched alkanes of at least 4 members (excludes halogenated alkanes) is 6. The first-order valence-corrected chi connectivity index (χ1v) is 8.24. The van der Waals surface area contributed by atoms with Crippen molar-refractivity contribution < 1.29 is 19.1 Å². The number of allylic oxidation sites excluding steroid dienone is 1. The molecule has 0 aliphatic carbocycles. The molecule has 1 unspecified atom stereocenters.